The molecule has 0 aliphatic heterocycles. The van der Waals surface area contributed by atoms with Crippen LogP contribution in [0.15, 0.2) is 52.3 Å². The third-order valence-corrected chi connectivity index (χ3v) is 10.4. The number of carbonyl (C=O) groups is 1. The van der Waals surface area contributed by atoms with E-state index in [1.165, 1.54) is 32.5 Å². The van der Waals surface area contributed by atoms with Crippen molar-refractivity contribution >= 4 is 38.2 Å². The van der Waals surface area contributed by atoms with Crippen LogP contribution in [0.25, 0.3) is 21.3 Å². The molecule has 9 nitrogen and oxygen atoms in total. The Bertz CT molecular complexity index is 1800. The summed E-state index contributed by atoms with van der Waals surface area (Å²) in [6.07, 6.45) is 5.50. The van der Waals surface area contributed by atoms with Gasteiger partial charge in [0.1, 0.15) is 11.3 Å². The van der Waals surface area contributed by atoms with E-state index in [1.807, 2.05) is 6.07 Å². The van der Waals surface area contributed by atoms with Gasteiger partial charge in [-0.15, -0.1) is 11.3 Å². The van der Waals surface area contributed by atoms with Crippen molar-refractivity contribution < 1.29 is 27.8 Å². The van der Waals surface area contributed by atoms with Crippen molar-refractivity contribution in [2.75, 3.05) is 14.2 Å². The van der Waals surface area contributed by atoms with Crippen molar-refractivity contribution in [2.45, 2.75) is 49.0 Å². The number of benzene rings is 2. The fourth-order valence-corrected chi connectivity index (χ4v) is 8.08. The summed E-state index contributed by atoms with van der Waals surface area (Å²) >= 11 is 1.61. The molecule has 0 amide bonds. The van der Waals surface area contributed by atoms with Gasteiger partial charge in [-0.05, 0) is 85.5 Å². The normalized spacial score (nSPS) is 17.0. The fourth-order valence-electron chi connectivity index (χ4n) is 5.50. The highest BCUT2D eigenvalue weighted by Crippen LogP contribution is 2.52. The number of pyridine rings is 1. The molecule has 2 heterocycles. The van der Waals surface area contributed by atoms with Crippen LogP contribution in [0, 0.1) is 0 Å². The van der Waals surface area contributed by atoms with E-state index < -0.39 is 21.4 Å². The number of methoxy groups -OCH3 is 2. The topological polar surface area (TPSA) is 135 Å². The monoisotopic (exact) mass is 580 g/mol. The number of carboxylic acids is 1. The standard InChI is InChI=1S/C29H28N2O7S2/c1-37-16-8-10-17(11-9-16)40(35,36)31-22-4-3-5-23-19(22)13-24(39-23)25-18(15-6-7-15)12-20-26(28(25)38-2)30-14-21(27(20)32)29(33)34/h8-15,22,31H,3-7H2,1-2H3,(H,30,32)(H,33,34). The Kier molecular flexibility index (Phi) is 6.68. The van der Waals surface area contributed by atoms with Gasteiger partial charge in [-0.25, -0.2) is 17.9 Å². The summed E-state index contributed by atoms with van der Waals surface area (Å²) in [5, 5.41) is 9.75. The van der Waals surface area contributed by atoms with Gasteiger partial charge in [0.15, 0.2) is 5.75 Å². The third-order valence-electron chi connectivity index (χ3n) is 7.64. The first-order valence-electron chi connectivity index (χ1n) is 13.0. The van der Waals surface area contributed by atoms with Crippen molar-refractivity contribution in [1.29, 1.82) is 0 Å². The molecule has 0 spiro atoms. The summed E-state index contributed by atoms with van der Waals surface area (Å²) in [4.78, 5) is 29.8. The average molecular weight is 581 g/mol. The van der Waals surface area contributed by atoms with Gasteiger partial charge >= 0.3 is 5.97 Å². The van der Waals surface area contributed by atoms with E-state index in [1.54, 1.807) is 29.5 Å². The van der Waals surface area contributed by atoms with E-state index in [4.69, 9.17) is 9.47 Å². The largest absolute Gasteiger partial charge is 0.497 e. The minimum atomic E-state index is -3.77. The second-order valence-electron chi connectivity index (χ2n) is 10.1. The number of hydrogen-bond acceptors (Lipinski definition) is 7. The Morgan fingerprint density at radius 2 is 1.82 bits per heavy atom. The predicted molar refractivity (Wildman–Crippen MR) is 152 cm³/mol. The summed E-state index contributed by atoms with van der Waals surface area (Å²) in [7, 11) is -0.695. The van der Waals surface area contributed by atoms with Gasteiger partial charge in [-0.1, -0.05) is 0 Å². The van der Waals surface area contributed by atoms with Crippen molar-refractivity contribution in [3.63, 3.8) is 0 Å². The summed E-state index contributed by atoms with van der Waals surface area (Å²) < 4.78 is 40.4. The van der Waals surface area contributed by atoms with E-state index in [-0.39, 0.29) is 27.8 Å². The number of aromatic carboxylic acids is 1. The molecule has 1 atom stereocenters. The summed E-state index contributed by atoms with van der Waals surface area (Å²) in [6, 6.07) is 9.77. The second kappa shape index (κ2) is 10.1. The van der Waals surface area contributed by atoms with Gasteiger partial charge in [0.05, 0.1) is 30.0 Å². The summed E-state index contributed by atoms with van der Waals surface area (Å²) in [6.45, 7) is 0. The van der Waals surface area contributed by atoms with E-state index >= 15 is 0 Å². The lowest BCUT2D eigenvalue weighted by Crippen LogP contribution is -2.30. The molecule has 40 heavy (non-hydrogen) atoms. The van der Waals surface area contributed by atoms with Crippen LogP contribution < -0.4 is 19.6 Å². The number of fused-ring (bicyclic) bond motifs is 2. The highest BCUT2D eigenvalue weighted by atomic mass is 32.2. The molecule has 2 aliphatic rings. The first kappa shape index (κ1) is 26.5. The SMILES string of the molecule is COc1ccc(S(=O)(=O)NC2CCCc3sc(-c4c(C5CC5)cc5c(=O)c(C(=O)O)c[nH]c5c4OC)cc32)cc1. The quantitative estimate of drug-likeness (QED) is 0.261. The minimum Gasteiger partial charge on any atom is -0.497 e. The second-order valence-corrected chi connectivity index (χ2v) is 13.0. The maximum absolute atomic E-state index is 13.2. The fraction of sp³-hybridized carbons (Fsp3) is 0.310. The van der Waals surface area contributed by atoms with Gasteiger partial charge in [0, 0.05) is 27.6 Å². The van der Waals surface area contributed by atoms with Gasteiger partial charge in [0.2, 0.25) is 15.5 Å². The molecule has 2 aliphatic carbocycles. The number of rotatable bonds is 8. The number of aromatic nitrogens is 1. The Morgan fingerprint density at radius 1 is 1.07 bits per heavy atom. The van der Waals surface area contributed by atoms with Crippen molar-refractivity contribution in [1.82, 2.24) is 9.71 Å². The number of aryl methyl sites for hydroxylation is 1. The Labute approximate surface area is 234 Å². The predicted octanol–water partition coefficient (Wildman–Crippen LogP) is 5.21. The number of carboxylic acid groups (broad SMARTS) is 1. The molecule has 6 rings (SSSR count). The highest BCUT2D eigenvalue weighted by Gasteiger charge is 2.33. The van der Waals surface area contributed by atoms with E-state index in [0.29, 0.717) is 23.4 Å². The molecule has 1 unspecified atom stereocenters. The van der Waals surface area contributed by atoms with Crippen LogP contribution in [0.5, 0.6) is 11.5 Å². The van der Waals surface area contributed by atoms with E-state index in [9.17, 15) is 23.1 Å². The number of sulfonamides is 1. The molecule has 4 aromatic rings. The number of H-pyrrole nitrogens is 1. The van der Waals surface area contributed by atoms with Gasteiger partial charge in [-0.3, -0.25) is 4.79 Å². The lowest BCUT2D eigenvalue weighted by atomic mass is 9.92. The third kappa shape index (κ3) is 4.57. The van der Waals surface area contributed by atoms with E-state index in [2.05, 4.69) is 9.71 Å². The van der Waals surface area contributed by atoms with E-state index in [0.717, 1.165) is 52.1 Å². The first-order valence-corrected chi connectivity index (χ1v) is 15.3. The molecule has 1 fully saturated rings. The Hall–Kier alpha value is -3.67. The number of nitrogens with one attached hydrogen (secondary N) is 2. The van der Waals surface area contributed by atoms with Crippen molar-refractivity contribution in [2.24, 2.45) is 0 Å². The number of hydrogen-bond donors (Lipinski definition) is 3. The van der Waals surface area contributed by atoms with Crippen LogP contribution >= 0.6 is 11.3 Å². The summed E-state index contributed by atoms with van der Waals surface area (Å²) in [5.74, 6) is 0.0259. The molecule has 0 bridgehead atoms. The van der Waals surface area contributed by atoms with Crippen LogP contribution in [0.4, 0.5) is 0 Å². The molecule has 2 aromatic carbocycles. The molecular weight excluding hydrogens is 552 g/mol. The smallest absolute Gasteiger partial charge is 0.341 e. The van der Waals surface area contributed by atoms with Gasteiger partial charge < -0.3 is 19.6 Å². The maximum Gasteiger partial charge on any atom is 0.341 e. The number of aromatic amines is 1. The molecule has 208 valence electrons. The lowest BCUT2D eigenvalue weighted by molar-refractivity contribution is 0.0695. The first-order chi connectivity index (χ1) is 19.2. The van der Waals surface area contributed by atoms with Crippen LogP contribution in [-0.4, -0.2) is 38.7 Å². The summed E-state index contributed by atoms with van der Waals surface area (Å²) in [5.41, 5.74) is 2.34. The maximum atomic E-state index is 13.2. The van der Waals surface area contributed by atoms with Gasteiger partial charge in [0.25, 0.3) is 0 Å². The van der Waals surface area contributed by atoms with Crippen LogP contribution in [0.2, 0.25) is 0 Å². The zero-order valence-corrected chi connectivity index (χ0v) is 23.6. The van der Waals surface area contributed by atoms with Gasteiger partial charge in [-0.2, -0.15) is 0 Å². The molecule has 1 saturated carbocycles. The van der Waals surface area contributed by atoms with Crippen LogP contribution in [0.1, 0.15) is 64.0 Å². The highest BCUT2D eigenvalue weighted by molar-refractivity contribution is 7.89. The molecular formula is C29H28N2O7S2. The molecule has 11 heteroatoms. The van der Waals surface area contributed by atoms with Crippen molar-refractivity contribution in [3.8, 4) is 21.9 Å². The van der Waals surface area contributed by atoms with Crippen LogP contribution in [0.3, 0.4) is 0 Å². The minimum absolute atomic E-state index is 0.174. The van der Waals surface area contributed by atoms with Crippen molar-refractivity contribution in [3.05, 3.63) is 74.4 Å². The molecule has 3 N–H and O–H groups in total. The Morgan fingerprint density at radius 3 is 2.48 bits per heavy atom. The number of ether oxygens (including phenoxy) is 2. The number of thiophene rings is 1. The molecule has 2 aromatic heterocycles. The lowest BCUT2D eigenvalue weighted by Gasteiger charge is -2.23. The molecule has 0 radical (unpaired) electrons. The zero-order valence-electron chi connectivity index (χ0n) is 21.9. The zero-order chi connectivity index (χ0) is 28.2. The average Bonchev–Trinajstić information content (AvgIpc) is 3.70. The molecule has 0 saturated heterocycles. The Balaban J connectivity index is 1.44. The van der Waals surface area contributed by atoms with Crippen LogP contribution in [-0.2, 0) is 16.4 Å².